The number of nitriles is 1. The molecule has 74 valence electrons. The van der Waals surface area contributed by atoms with E-state index in [1.165, 1.54) is 5.56 Å². The zero-order valence-electron chi connectivity index (χ0n) is 8.20. The van der Waals surface area contributed by atoms with Gasteiger partial charge in [-0.2, -0.15) is 5.26 Å². The molecule has 0 saturated carbocycles. The molecule has 0 aliphatic rings. The molecule has 0 heterocycles. The van der Waals surface area contributed by atoms with Crippen LogP contribution in [0.4, 0.5) is 0 Å². The first-order valence-electron chi connectivity index (χ1n) is 4.53. The normalized spacial score (nSPS) is 10.1. The summed E-state index contributed by atoms with van der Waals surface area (Å²) >= 11 is 3.50. The number of benzene rings is 1. The molecule has 1 rings (SSSR count). The maximum Gasteiger partial charge on any atom is 0.0635 e. The van der Waals surface area contributed by atoms with Crippen molar-refractivity contribution < 1.29 is 0 Å². The smallest absolute Gasteiger partial charge is 0.0635 e. The second-order valence-corrected chi connectivity index (χ2v) is 4.09. The van der Waals surface area contributed by atoms with Gasteiger partial charge in [0.1, 0.15) is 0 Å². The van der Waals surface area contributed by atoms with Gasteiger partial charge in [0.05, 0.1) is 6.07 Å². The topological polar surface area (TPSA) is 27.0 Å². The average Bonchev–Trinajstić information content (AvgIpc) is 2.18. The maximum absolute atomic E-state index is 8.45. The predicted octanol–water partition coefficient (Wildman–Crippen LogP) is 2.79. The Morgan fingerprint density at radius 3 is 2.79 bits per heavy atom. The molecule has 1 aromatic carbocycles. The van der Waals surface area contributed by atoms with Crippen molar-refractivity contribution >= 4 is 15.9 Å². The van der Waals surface area contributed by atoms with Crippen LogP contribution in [0.5, 0.6) is 0 Å². The van der Waals surface area contributed by atoms with Crippen LogP contribution in [0.3, 0.4) is 0 Å². The summed E-state index contributed by atoms with van der Waals surface area (Å²) in [6.07, 6.45) is 0.584. The van der Waals surface area contributed by atoms with Gasteiger partial charge in [0.15, 0.2) is 0 Å². The Morgan fingerprint density at radius 1 is 1.43 bits per heavy atom. The van der Waals surface area contributed by atoms with E-state index in [0.29, 0.717) is 6.42 Å². The molecule has 1 aromatic rings. The zero-order chi connectivity index (χ0) is 10.4. The molecule has 0 radical (unpaired) electrons. The van der Waals surface area contributed by atoms with Crippen molar-refractivity contribution in [2.45, 2.75) is 13.0 Å². The van der Waals surface area contributed by atoms with Crippen LogP contribution in [0.25, 0.3) is 0 Å². The van der Waals surface area contributed by atoms with Crippen LogP contribution in [0, 0.1) is 11.3 Å². The Hall–Kier alpha value is -0.850. The molecule has 0 bridgehead atoms. The lowest BCUT2D eigenvalue weighted by atomic mass is 10.2. The number of halogens is 1. The Kier molecular flexibility index (Phi) is 4.64. The maximum atomic E-state index is 8.45. The van der Waals surface area contributed by atoms with E-state index in [1.54, 1.807) is 0 Å². The van der Waals surface area contributed by atoms with Crippen molar-refractivity contribution in [2.24, 2.45) is 0 Å². The third-order valence-electron chi connectivity index (χ3n) is 2.00. The molecule has 14 heavy (non-hydrogen) atoms. The van der Waals surface area contributed by atoms with Gasteiger partial charge in [0, 0.05) is 24.0 Å². The summed E-state index contributed by atoms with van der Waals surface area (Å²) in [5.41, 5.74) is 1.26. The van der Waals surface area contributed by atoms with Crippen LogP contribution < -0.4 is 0 Å². The lowest BCUT2D eigenvalue weighted by Crippen LogP contribution is -2.18. The molecule has 0 spiro atoms. The van der Waals surface area contributed by atoms with Crippen LogP contribution >= 0.6 is 15.9 Å². The standard InChI is InChI=1S/C11H13BrN2/c1-14(8-4-7-13)9-10-5-2-3-6-11(10)12/h2-3,5-6H,4,8-9H2,1H3. The minimum Gasteiger partial charge on any atom is -0.301 e. The molecule has 2 nitrogen and oxygen atoms in total. The molecule has 0 aliphatic carbocycles. The first-order chi connectivity index (χ1) is 6.74. The summed E-state index contributed by atoms with van der Waals surface area (Å²) in [6, 6.07) is 10.3. The van der Waals surface area contributed by atoms with Crippen molar-refractivity contribution in [3.8, 4) is 6.07 Å². The number of hydrogen-bond donors (Lipinski definition) is 0. The molecule has 0 amide bonds. The number of nitrogens with zero attached hydrogens (tertiary/aromatic N) is 2. The highest BCUT2D eigenvalue weighted by Gasteiger charge is 2.02. The monoisotopic (exact) mass is 252 g/mol. The van der Waals surface area contributed by atoms with Crippen molar-refractivity contribution in [3.05, 3.63) is 34.3 Å². The van der Waals surface area contributed by atoms with Crippen LogP contribution in [0.1, 0.15) is 12.0 Å². The second-order valence-electron chi connectivity index (χ2n) is 3.24. The van der Waals surface area contributed by atoms with Gasteiger partial charge in [0.25, 0.3) is 0 Å². The summed E-state index contributed by atoms with van der Waals surface area (Å²) in [4.78, 5) is 2.14. The van der Waals surface area contributed by atoms with E-state index in [-0.39, 0.29) is 0 Å². The van der Waals surface area contributed by atoms with E-state index < -0.39 is 0 Å². The van der Waals surface area contributed by atoms with Crippen molar-refractivity contribution in [1.82, 2.24) is 4.90 Å². The van der Waals surface area contributed by atoms with E-state index in [1.807, 2.05) is 25.2 Å². The molecule has 3 heteroatoms. The van der Waals surface area contributed by atoms with E-state index in [0.717, 1.165) is 17.6 Å². The van der Waals surface area contributed by atoms with Gasteiger partial charge in [-0.15, -0.1) is 0 Å². The van der Waals surface area contributed by atoms with Gasteiger partial charge in [-0.05, 0) is 18.7 Å². The molecule has 0 aliphatic heterocycles. The largest absolute Gasteiger partial charge is 0.301 e. The third-order valence-corrected chi connectivity index (χ3v) is 2.78. The minimum absolute atomic E-state index is 0.584. The van der Waals surface area contributed by atoms with E-state index in [4.69, 9.17) is 5.26 Å². The van der Waals surface area contributed by atoms with E-state index in [9.17, 15) is 0 Å². The molecule has 0 aromatic heterocycles. The fraction of sp³-hybridized carbons (Fsp3) is 0.364. The highest BCUT2D eigenvalue weighted by Crippen LogP contribution is 2.17. The lowest BCUT2D eigenvalue weighted by Gasteiger charge is -2.15. The highest BCUT2D eigenvalue weighted by atomic mass is 79.9. The third kappa shape index (κ3) is 3.49. The van der Waals surface area contributed by atoms with Gasteiger partial charge in [-0.1, -0.05) is 34.1 Å². The minimum atomic E-state index is 0.584. The van der Waals surface area contributed by atoms with Gasteiger partial charge in [-0.25, -0.2) is 0 Å². The summed E-state index contributed by atoms with van der Waals surface area (Å²) in [5, 5.41) is 8.45. The fourth-order valence-electron chi connectivity index (χ4n) is 1.24. The molecule has 0 fully saturated rings. The van der Waals surface area contributed by atoms with E-state index >= 15 is 0 Å². The second kappa shape index (κ2) is 5.79. The molecule has 0 saturated heterocycles. The Labute approximate surface area is 93.3 Å². The SMILES string of the molecule is CN(CCC#N)Cc1ccccc1Br. The Bertz CT molecular complexity index is 330. The first-order valence-corrected chi connectivity index (χ1v) is 5.32. The van der Waals surface area contributed by atoms with Crippen molar-refractivity contribution in [2.75, 3.05) is 13.6 Å². The summed E-state index contributed by atoms with van der Waals surface area (Å²) in [5.74, 6) is 0. The van der Waals surface area contributed by atoms with Gasteiger partial charge >= 0.3 is 0 Å². The predicted molar refractivity (Wildman–Crippen MR) is 60.7 cm³/mol. The summed E-state index contributed by atoms with van der Waals surface area (Å²) < 4.78 is 1.13. The number of rotatable bonds is 4. The zero-order valence-corrected chi connectivity index (χ0v) is 9.79. The molecular weight excluding hydrogens is 240 g/mol. The van der Waals surface area contributed by atoms with Gasteiger partial charge < -0.3 is 4.90 Å². The van der Waals surface area contributed by atoms with Crippen LogP contribution in [-0.2, 0) is 6.54 Å². The fourth-order valence-corrected chi connectivity index (χ4v) is 1.65. The summed E-state index contributed by atoms with van der Waals surface area (Å²) in [6.45, 7) is 1.70. The summed E-state index contributed by atoms with van der Waals surface area (Å²) in [7, 11) is 2.02. The van der Waals surface area contributed by atoms with Gasteiger partial charge in [0.2, 0.25) is 0 Å². The van der Waals surface area contributed by atoms with Gasteiger partial charge in [-0.3, -0.25) is 0 Å². The number of hydrogen-bond acceptors (Lipinski definition) is 2. The van der Waals surface area contributed by atoms with E-state index in [2.05, 4.69) is 33.0 Å². The molecule has 0 N–H and O–H groups in total. The molecular formula is C11H13BrN2. The first kappa shape index (κ1) is 11.2. The van der Waals surface area contributed by atoms with Crippen molar-refractivity contribution in [1.29, 1.82) is 5.26 Å². The quantitative estimate of drug-likeness (QED) is 0.824. The molecule has 0 atom stereocenters. The van der Waals surface area contributed by atoms with Crippen LogP contribution in [0.2, 0.25) is 0 Å². The van der Waals surface area contributed by atoms with Crippen LogP contribution in [-0.4, -0.2) is 18.5 Å². The highest BCUT2D eigenvalue weighted by molar-refractivity contribution is 9.10. The Balaban J connectivity index is 2.52. The van der Waals surface area contributed by atoms with Crippen LogP contribution in [0.15, 0.2) is 28.7 Å². The molecule has 0 unspecified atom stereocenters. The van der Waals surface area contributed by atoms with Crippen molar-refractivity contribution in [3.63, 3.8) is 0 Å². The Morgan fingerprint density at radius 2 is 2.14 bits per heavy atom. The average molecular weight is 253 g/mol. The lowest BCUT2D eigenvalue weighted by molar-refractivity contribution is 0.334.